The van der Waals surface area contributed by atoms with Gasteiger partial charge in [0.15, 0.2) is 17.4 Å². The van der Waals surface area contributed by atoms with E-state index < -0.39 is 0 Å². The van der Waals surface area contributed by atoms with Crippen molar-refractivity contribution in [2.45, 2.75) is 27.2 Å². The lowest BCUT2D eigenvalue weighted by molar-refractivity contribution is 0.501. The van der Waals surface area contributed by atoms with Crippen LogP contribution < -0.4 is 0 Å². The minimum Gasteiger partial charge on any atom is -0.0628 e. The summed E-state index contributed by atoms with van der Waals surface area (Å²) in [5.41, 5.74) is 0. The van der Waals surface area contributed by atoms with E-state index in [1.54, 1.807) is 0 Å². The van der Waals surface area contributed by atoms with Crippen LogP contribution in [0.1, 0.15) is 27.2 Å². The fourth-order valence-electron chi connectivity index (χ4n) is 0.805. The molecule has 0 aliphatic carbocycles. The zero-order valence-electron chi connectivity index (χ0n) is 5.57. The van der Waals surface area contributed by atoms with E-state index in [2.05, 4.69) is 27.7 Å². The molecule has 0 aromatic rings. The molecule has 0 aliphatic heterocycles. The molecule has 0 saturated heterocycles. The Hall–Kier alpha value is 0.532. The molecule has 49 valence electrons. The standard InChI is InChI=1S/C7H15.Al.3H/c1-6(2)5-7(3)4;;;;/h6-7H,1,5H2,2-4H3;;;;. The largest absolute Gasteiger partial charge is 0.187 e. The van der Waals surface area contributed by atoms with Crippen LogP contribution in [0, 0.1) is 18.8 Å². The number of hydrogen-bond donors (Lipinski definition) is 0. The zero-order chi connectivity index (χ0) is 5.86. The number of hydrogen-bond acceptors (Lipinski definition) is 0. The molecule has 0 aliphatic rings. The summed E-state index contributed by atoms with van der Waals surface area (Å²) in [6, 6.07) is 0. The summed E-state index contributed by atoms with van der Waals surface area (Å²) in [5, 5.41) is 0. The van der Waals surface area contributed by atoms with Crippen LogP contribution in [0.25, 0.3) is 0 Å². The molecule has 0 nitrogen and oxygen atoms in total. The van der Waals surface area contributed by atoms with Crippen molar-refractivity contribution in [1.82, 2.24) is 0 Å². The molecule has 0 amide bonds. The third-order valence-electron chi connectivity index (χ3n) is 0.874. The van der Waals surface area contributed by atoms with E-state index in [9.17, 15) is 0 Å². The topological polar surface area (TPSA) is 0 Å². The van der Waals surface area contributed by atoms with Gasteiger partial charge < -0.3 is 0 Å². The van der Waals surface area contributed by atoms with E-state index >= 15 is 0 Å². The molecule has 1 atom stereocenters. The minimum absolute atomic E-state index is 0. The Labute approximate surface area is 63.8 Å². The Morgan fingerprint density at radius 3 is 1.62 bits per heavy atom. The molecule has 0 aromatic carbocycles. The highest BCUT2D eigenvalue weighted by Gasteiger charge is 1.95. The van der Waals surface area contributed by atoms with E-state index in [-0.39, 0.29) is 17.4 Å². The van der Waals surface area contributed by atoms with Crippen molar-refractivity contribution < 1.29 is 0 Å². The molecule has 1 heteroatoms. The van der Waals surface area contributed by atoms with Crippen LogP contribution in [0.3, 0.4) is 0 Å². The lowest BCUT2D eigenvalue weighted by atomic mass is 10.0. The molecule has 8 heavy (non-hydrogen) atoms. The number of rotatable bonds is 2. The van der Waals surface area contributed by atoms with Gasteiger partial charge in [-0.2, -0.15) is 0 Å². The van der Waals surface area contributed by atoms with E-state index in [1.807, 2.05) is 0 Å². The first kappa shape index (κ1) is 11.3. The molecule has 0 spiro atoms. The maximum atomic E-state index is 3.88. The average Bonchev–Trinajstić information content (AvgIpc) is 1.27. The molecule has 0 rings (SSSR count). The van der Waals surface area contributed by atoms with E-state index in [1.165, 1.54) is 6.42 Å². The first-order chi connectivity index (χ1) is 3.13. The second-order valence-electron chi connectivity index (χ2n) is 2.73. The van der Waals surface area contributed by atoms with Crippen molar-refractivity contribution in [2.75, 3.05) is 0 Å². The highest BCUT2D eigenvalue weighted by molar-refractivity contribution is 5.75. The molecule has 0 aromatic heterocycles. The monoisotopic (exact) mass is 129 g/mol. The van der Waals surface area contributed by atoms with Gasteiger partial charge in [-0.1, -0.05) is 27.7 Å². The van der Waals surface area contributed by atoms with Crippen molar-refractivity contribution in [3.63, 3.8) is 0 Å². The molecule has 0 bridgehead atoms. The van der Waals surface area contributed by atoms with Crippen molar-refractivity contribution in [2.24, 2.45) is 11.8 Å². The van der Waals surface area contributed by atoms with Crippen LogP contribution >= 0.6 is 0 Å². The highest BCUT2D eigenvalue weighted by Crippen LogP contribution is 2.07. The van der Waals surface area contributed by atoms with Gasteiger partial charge in [0.05, 0.1) is 0 Å². The summed E-state index contributed by atoms with van der Waals surface area (Å²) >= 11 is 0. The van der Waals surface area contributed by atoms with Gasteiger partial charge in [0.2, 0.25) is 0 Å². The lowest BCUT2D eigenvalue weighted by Gasteiger charge is -2.05. The predicted octanol–water partition coefficient (Wildman–Crippen LogP) is 1.32. The molecule has 0 fully saturated rings. The van der Waals surface area contributed by atoms with Crippen LogP contribution in [-0.2, 0) is 0 Å². The van der Waals surface area contributed by atoms with Gasteiger partial charge in [-0.05, 0) is 18.3 Å². The molecular formula is C7H18Al. The molecular weight excluding hydrogens is 111 g/mol. The van der Waals surface area contributed by atoms with Gasteiger partial charge in [-0.25, -0.2) is 0 Å². The second kappa shape index (κ2) is 5.67. The Morgan fingerprint density at radius 2 is 1.62 bits per heavy atom. The third-order valence-corrected chi connectivity index (χ3v) is 0.874. The van der Waals surface area contributed by atoms with Crippen molar-refractivity contribution in [1.29, 1.82) is 0 Å². The maximum absolute atomic E-state index is 3.88. The molecule has 0 N–H and O–H groups in total. The summed E-state index contributed by atoms with van der Waals surface area (Å²) in [7, 11) is 0. The fourth-order valence-corrected chi connectivity index (χ4v) is 0.805. The van der Waals surface area contributed by atoms with Gasteiger partial charge in [-0.3, -0.25) is 0 Å². The first-order valence-electron chi connectivity index (χ1n) is 2.96. The Morgan fingerprint density at radius 1 is 1.25 bits per heavy atom. The second-order valence-corrected chi connectivity index (χ2v) is 2.73. The first-order valence-corrected chi connectivity index (χ1v) is 2.96. The summed E-state index contributed by atoms with van der Waals surface area (Å²) in [5.74, 6) is 1.44. The Bertz CT molecular complexity index is 33.7. The highest BCUT2D eigenvalue weighted by atomic mass is 27.0. The van der Waals surface area contributed by atoms with E-state index in [4.69, 9.17) is 0 Å². The Kier molecular flexibility index (Phi) is 8.03. The van der Waals surface area contributed by atoms with Crippen molar-refractivity contribution >= 4 is 17.4 Å². The van der Waals surface area contributed by atoms with Crippen molar-refractivity contribution in [3.8, 4) is 0 Å². The third kappa shape index (κ3) is 9.73. The predicted molar refractivity (Wildman–Crippen MR) is 43.9 cm³/mol. The van der Waals surface area contributed by atoms with Crippen LogP contribution in [0.4, 0.5) is 0 Å². The molecule has 1 radical (unpaired) electrons. The van der Waals surface area contributed by atoms with Gasteiger partial charge in [0.25, 0.3) is 0 Å². The SMILES string of the molecule is [AlH3].[CH2]C(C)CC(C)C. The van der Waals surface area contributed by atoms with Crippen LogP contribution in [0.2, 0.25) is 0 Å². The average molecular weight is 129 g/mol. The molecule has 0 saturated carbocycles. The summed E-state index contributed by atoms with van der Waals surface area (Å²) < 4.78 is 0. The summed E-state index contributed by atoms with van der Waals surface area (Å²) in [6.45, 7) is 10.5. The van der Waals surface area contributed by atoms with Crippen LogP contribution in [0.5, 0.6) is 0 Å². The summed E-state index contributed by atoms with van der Waals surface area (Å²) in [4.78, 5) is 0. The van der Waals surface area contributed by atoms with Crippen LogP contribution in [0.15, 0.2) is 0 Å². The van der Waals surface area contributed by atoms with Crippen LogP contribution in [-0.4, -0.2) is 17.4 Å². The van der Waals surface area contributed by atoms with Gasteiger partial charge >= 0.3 is 0 Å². The smallest absolute Gasteiger partial charge is 0.0628 e. The molecule has 1 unspecified atom stereocenters. The van der Waals surface area contributed by atoms with Gasteiger partial charge in [-0.15, -0.1) is 0 Å². The Balaban J connectivity index is 0. The van der Waals surface area contributed by atoms with E-state index in [0.717, 1.165) is 5.92 Å². The molecule has 0 heterocycles. The van der Waals surface area contributed by atoms with E-state index in [0.29, 0.717) is 5.92 Å². The quantitative estimate of drug-likeness (QED) is 0.493. The minimum atomic E-state index is 0. The maximum Gasteiger partial charge on any atom is 0.187 e. The zero-order valence-corrected chi connectivity index (χ0v) is 5.57. The van der Waals surface area contributed by atoms with Gasteiger partial charge in [0, 0.05) is 0 Å². The normalized spacial score (nSPS) is 9.75. The lowest BCUT2D eigenvalue weighted by Crippen LogP contribution is -1.93. The fraction of sp³-hybridized carbons (Fsp3) is 0.857. The van der Waals surface area contributed by atoms with Gasteiger partial charge in [0.1, 0.15) is 0 Å². The van der Waals surface area contributed by atoms with Crippen molar-refractivity contribution in [3.05, 3.63) is 6.92 Å². The summed E-state index contributed by atoms with van der Waals surface area (Å²) in [6.07, 6.45) is 1.25.